The fourth-order valence-corrected chi connectivity index (χ4v) is 4.46. The zero-order valence-electron chi connectivity index (χ0n) is 16.8. The minimum Gasteiger partial charge on any atom is -0.337 e. The van der Waals surface area contributed by atoms with Crippen molar-refractivity contribution in [2.45, 2.75) is 32.2 Å². The Morgan fingerprint density at radius 2 is 1.90 bits per heavy atom. The Bertz CT molecular complexity index is 993. The summed E-state index contributed by atoms with van der Waals surface area (Å²) in [4.78, 5) is 47.5. The summed E-state index contributed by atoms with van der Waals surface area (Å²) in [5, 5.41) is 0.563. The van der Waals surface area contributed by atoms with Gasteiger partial charge in [0.25, 0.3) is 11.8 Å². The number of amides is 4. The SMILES string of the molecule is CC(C)CN1C(=O)N(C)C(=O)C12CCN(C(=O)c1cn3cc(Cl)ccc3n1)CC2. The van der Waals surface area contributed by atoms with Crippen molar-refractivity contribution >= 4 is 35.1 Å². The fourth-order valence-electron chi connectivity index (χ4n) is 4.29. The van der Waals surface area contributed by atoms with E-state index in [1.54, 1.807) is 38.7 Å². The standard InChI is InChI=1S/C20H24ClN5O3/c1-13(2)10-26-19(29)23(3)18(28)20(26)6-8-24(9-7-20)17(27)15-12-25-11-14(21)4-5-16(25)22-15/h4-5,11-13H,6-10H2,1-3H3. The average molecular weight is 418 g/mol. The summed E-state index contributed by atoms with van der Waals surface area (Å²) in [7, 11) is 1.53. The molecule has 8 nitrogen and oxygen atoms in total. The van der Waals surface area contributed by atoms with Crippen molar-refractivity contribution in [3.05, 3.63) is 35.2 Å². The Morgan fingerprint density at radius 3 is 2.55 bits per heavy atom. The van der Waals surface area contributed by atoms with Crippen molar-refractivity contribution in [2.75, 3.05) is 26.7 Å². The van der Waals surface area contributed by atoms with Gasteiger partial charge in [0.1, 0.15) is 16.9 Å². The van der Waals surface area contributed by atoms with Crippen LogP contribution in [-0.2, 0) is 4.79 Å². The van der Waals surface area contributed by atoms with Crippen molar-refractivity contribution in [1.82, 2.24) is 24.1 Å². The molecule has 0 N–H and O–H groups in total. The highest BCUT2D eigenvalue weighted by molar-refractivity contribution is 6.30. The lowest BCUT2D eigenvalue weighted by Crippen LogP contribution is -2.58. The zero-order valence-corrected chi connectivity index (χ0v) is 17.5. The third kappa shape index (κ3) is 3.15. The van der Waals surface area contributed by atoms with Crippen molar-refractivity contribution < 1.29 is 14.4 Å². The van der Waals surface area contributed by atoms with Gasteiger partial charge in [0, 0.05) is 39.1 Å². The molecule has 0 atom stereocenters. The van der Waals surface area contributed by atoms with Gasteiger partial charge in [-0.25, -0.2) is 9.78 Å². The summed E-state index contributed by atoms with van der Waals surface area (Å²) in [5.41, 5.74) is 0.139. The summed E-state index contributed by atoms with van der Waals surface area (Å²) < 4.78 is 1.72. The van der Waals surface area contributed by atoms with Crippen LogP contribution < -0.4 is 0 Å². The van der Waals surface area contributed by atoms with E-state index < -0.39 is 5.54 Å². The number of halogens is 1. The van der Waals surface area contributed by atoms with Gasteiger partial charge < -0.3 is 14.2 Å². The van der Waals surface area contributed by atoms with Gasteiger partial charge in [-0.05, 0) is 30.9 Å². The van der Waals surface area contributed by atoms with Gasteiger partial charge in [-0.2, -0.15) is 0 Å². The third-order valence-corrected chi connectivity index (χ3v) is 6.02. The second-order valence-corrected chi connectivity index (χ2v) is 8.65. The quantitative estimate of drug-likeness (QED) is 0.719. The van der Waals surface area contributed by atoms with E-state index in [-0.39, 0.29) is 23.8 Å². The second-order valence-electron chi connectivity index (χ2n) is 8.21. The van der Waals surface area contributed by atoms with Crippen LogP contribution in [0, 0.1) is 5.92 Å². The van der Waals surface area contributed by atoms with Gasteiger partial charge in [0.05, 0.1) is 5.02 Å². The smallest absolute Gasteiger partial charge is 0.327 e. The van der Waals surface area contributed by atoms with Gasteiger partial charge in [0.2, 0.25) is 0 Å². The number of hydrogen-bond acceptors (Lipinski definition) is 4. The molecule has 0 aliphatic carbocycles. The van der Waals surface area contributed by atoms with Crippen LogP contribution in [0.5, 0.6) is 0 Å². The lowest BCUT2D eigenvalue weighted by molar-refractivity contribution is -0.134. The first kappa shape index (κ1) is 19.7. The van der Waals surface area contributed by atoms with Crippen molar-refractivity contribution in [2.24, 2.45) is 5.92 Å². The number of hydrogen-bond donors (Lipinski definition) is 0. The van der Waals surface area contributed by atoms with E-state index in [0.717, 1.165) is 0 Å². The van der Waals surface area contributed by atoms with Crippen LogP contribution in [0.1, 0.15) is 37.2 Å². The van der Waals surface area contributed by atoms with Crippen LogP contribution in [0.15, 0.2) is 24.5 Å². The molecule has 2 saturated heterocycles. The molecule has 0 saturated carbocycles. The Hall–Kier alpha value is -2.61. The van der Waals surface area contributed by atoms with E-state index in [1.807, 2.05) is 13.8 Å². The maximum Gasteiger partial charge on any atom is 0.327 e. The second kappa shape index (κ2) is 7.02. The van der Waals surface area contributed by atoms with Crippen LogP contribution in [0.3, 0.4) is 0 Å². The Labute approximate surface area is 174 Å². The van der Waals surface area contributed by atoms with Crippen LogP contribution in [0.25, 0.3) is 5.65 Å². The predicted octanol–water partition coefficient (Wildman–Crippen LogP) is 2.51. The first-order chi connectivity index (χ1) is 13.7. The zero-order chi connectivity index (χ0) is 20.9. The highest BCUT2D eigenvalue weighted by atomic mass is 35.5. The Morgan fingerprint density at radius 1 is 1.21 bits per heavy atom. The Balaban J connectivity index is 1.53. The monoisotopic (exact) mass is 417 g/mol. The largest absolute Gasteiger partial charge is 0.337 e. The lowest BCUT2D eigenvalue weighted by atomic mass is 9.85. The maximum atomic E-state index is 13.0. The van der Waals surface area contributed by atoms with Gasteiger partial charge in [-0.15, -0.1) is 0 Å². The number of imidazole rings is 1. The van der Waals surface area contributed by atoms with Crippen LogP contribution in [0.2, 0.25) is 5.02 Å². The van der Waals surface area contributed by atoms with Gasteiger partial charge in [0.15, 0.2) is 0 Å². The first-order valence-electron chi connectivity index (χ1n) is 9.76. The van der Waals surface area contributed by atoms with E-state index in [4.69, 9.17) is 11.6 Å². The molecular formula is C20H24ClN5O3. The number of likely N-dealkylation sites (N-methyl/N-ethyl adjacent to an activating group) is 1. The molecule has 4 heterocycles. The molecule has 1 spiro atoms. The molecule has 29 heavy (non-hydrogen) atoms. The molecule has 0 radical (unpaired) electrons. The molecule has 2 aromatic heterocycles. The average Bonchev–Trinajstić information content (AvgIpc) is 3.18. The van der Waals surface area contributed by atoms with Crippen molar-refractivity contribution in [3.63, 3.8) is 0 Å². The lowest BCUT2D eigenvalue weighted by Gasteiger charge is -2.42. The molecule has 154 valence electrons. The molecule has 2 aromatic rings. The third-order valence-electron chi connectivity index (χ3n) is 5.80. The predicted molar refractivity (Wildman–Crippen MR) is 108 cm³/mol. The van der Waals surface area contributed by atoms with Crippen LogP contribution >= 0.6 is 11.6 Å². The molecule has 9 heteroatoms. The number of pyridine rings is 1. The summed E-state index contributed by atoms with van der Waals surface area (Å²) in [6.07, 6.45) is 4.23. The van der Waals surface area contributed by atoms with Gasteiger partial charge in [-0.3, -0.25) is 14.5 Å². The minimum atomic E-state index is -0.848. The highest BCUT2D eigenvalue weighted by Gasteiger charge is 2.57. The number of urea groups is 1. The van der Waals surface area contributed by atoms with Crippen LogP contribution in [0.4, 0.5) is 4.79 Å². The number of nitrogens with zero attached hydrogens (tertiary/aromatic N) is 5. The number of likely N-dealkylation sites (tertiary alicyclic amines) is 1. The highest BCUT2D eigenvalue weighted by Crippen LogP contribution is 2.37. The fraction of sp³-hybridized carbons (Fsp3) is 0.500. The molecule has 2 fully saturated rings. The van der Waals surface area contributed by atoms with E-state index in [9.17, 15) is 14.4 Å². The number of imide groups is 1. The van der Waals surface area contributed by atoms with Crippen molar-refractivity contribution in [3.8, 4) is 0 Å². The number of piperidine rings is 1. The van der Waals surface area contributed by atoms with Gasteiger partial charge in [-0.1, -0.05) is 25.4 Å². The molecule has 2 aliphatic heterocycles. The number of aromatic nitrogens is 2. The number of carbonyl (C=O) groups excluding carboxylic acids is 3. The van der Waals surface area contributed by atoms with Crippen LogP contribution in [-0.4, -0.2) is 74.2 Å². The molecule has 0 aromatic carbocycles. The summed E-state index contributed by atoms with van der Waals surface area (Å²) in [6, 6.07) is 3.23. The minimum absolute atomic E-state index is 0.169. The Kier molecular flexibility index (Phi) is 4.77. The van der Waals surface area contributed by atoms with E-state index in [0.29, 0.717) is 48.8 Å². The topological polar surface area (TPSA) is 78.2 Å². The molecule has 0 unspecified atom stereocenters. The molecule has 0 bridgehead atoms. The normalized spacial score (nSPS) is 19.3. The summed E-state index contributed by atoms with van der Waals surface area (Å²) in [6.45, 7) is 5.37. The number of rotatable bonds is 3. The molecule has 4 amide bonds. The van der Waals surface area contributed by atoms with E-state index in [1.165, 1.54) is 11.9 Å². The van der Waals surface area contributed by atoms with Gasteiger partial charge >= 0.3 is 6.03 Å². The maximum absolute atomic E-state index is 13.0. The van der Waals surface area contributed by atoms with Crippen molar-refractivity contribution in [1.29, 1.82) is 0 Å². The van der Waals surface area contributed by atoms with E-state index >= 15 is 0 Å². The number of carbonyl (C=O) groups is 3. The molecule has 4 rings (SSSR count). The summed E-state index contributed by atoms with van der Waals surface area (Å²) >= 11 is 6.00. The molecule has 2 aliphatic rings. The summed E-state index contributed by atoms with van der Waals surface area (Å²) in [5.74, 6) is -0.0996. The molecular weight excluding hydrogens is 394 g/mol. The van der Waals surface area contributed by atoms with E-state index in [2.05, 4.69) is 4.98 Å². The first-order valence-corrected chi connectivity index (χ1v) is 10.1. The number of fused-ring (bicyclic) bond motifs is 1.